The minimum Gasteiger partial charge on any atom is -0.455 e. The van der Waals surface area contributed by atoms with Crippen LogP contribution in [0.1, 0.15) is 50.4 Å². The molecule has 1 aromatic heterocycles. The van der Waals surface area contributed by atoms with E-state index in [9.17, 15) is 9.90 Å². The highest BCUT2D eigenvalue weighted by Gasteiger charge is 2.20. The van der Waals surface area contributed by atoms with Crippen LogP contribution in [-0.2, 0) is 6.54 Å². The van der Waals surface area contributed by atoms with Gasteiger partial charge in [-0.3, -0.25) is 9.69 Å². The van der Waals surface area contributed by atoms with Crippen LogP contribution < -0.4 is 5.32 Å². The molecule has 0 aliphatic rings. The lowest BCUT2D eigenvalue weighted by Gasteiger charge is -2.21. The number of rotatable bonds is 8. The molecular weight excluding hydrogens is 256 g/mol. The molecule has 0 aliphatic heterocycles. The molecule has 2 N–H and O–H groups in total. The Morgan fingerprint density at radius 3 is 2.55 bits per heavy atom. The van der Waals surface area contributed by atoms with E-state index in [2.05, 4.69) is 24.1 Å². The van der Waals surface area contributed by atoms with E-state index in [4.69, 9.17) is 4.42 Å². The van der Waals surface area contributed by atoms with Crippen molar-refractivity contribution >= 4 is 5.91 Å². The fourth-order valence-electron chi connectivity index (χ4n) is 1.74. The lowest BCUT2D eigenvalue weighted by atomic mass is 10.0. The highest BCUT2D eigenvalue weighted by atomic mass is 16.4. The minimum absolute atomic E-state index is 0.217. The van der Waals surface area contributed by atoms with Gasteiger partial charge in [0.2, 0.25) is 0 Å². The van der Waals surface area contributed by atoms with E-state index in [0.717, 1.165) is 18.8 Å². The lowest BCUT2D eigenvalue weighted by Crippen LogP contribution is -2.39. The number of aliphatic hydroxyl groups is 1. The van der Waals surface area contributed by atoms with E-state index in [-0.39, 0.29) is 12.5 Å². The Kier molecular flexibility index (Phi) is 6.23. The molecule has 0 saturated carbocycles. The average Bonchev–Trinajstić information content (AvgIpc) is 2.91. The molecule has 1 rings (SSSR count). The maximum Gasteiger partial charge on any atom is 0.287 e. The topological polar surface area (TPSA) is 65.7 Å². The van der Waals surface area contributed by atoms with E-state index in [1.807, 2.05) is 13.0 Å². The zero-order valence-corrected chi connectivity index (χ0v) is 12.9. The van der Waals surface area contributed by atoms with E-state index >= 15 is 0 Å². The van der Waals surface area contributed by atoms with Crippen LogP contribution in [0.4, 0.5) is 0 Å². The molecule has 0 spiro atoms. The van der Waals surface area contributed by atoms with Gasteiger partial charge in [-0.05, 0) is 38.6 Å². The van der Waals surface area contributed by atoms with Gasteiger partial charge in [0.25, 0.3) is 5.91 Å². The first-order valence-corrected chi connectivity index (χ1v) is 7.23. The van der Waals surface area contributed by atoms with Crippen LogP contribution in [-0.4, -0.2) is 41.1 Å². The summed E-state index contributed by atoms with van der Waals surface area (Å²) in [4.78, 5) is 14.1. The second kappa shape index (κ2) is 7.45. The fourth-order valence-corrected chi connectivity index (χ4v) is 1.74. The molecule has 20 heavy (non-hydrogen) atoms. The summed E-state index contributed by atoms with van der Waals surface area (Å²) in [5, 5.41) is 12.5. The van der Waals surface area contributed by atoms with E-state index in [1.165, 1.54) is 0 Å². The van der Waals surface area contributed by atoms with Gasteiger partial charge >= 0.3 is 0 Å². The minimum atomic E-state index is -0.883. The Labute approximate surface area is 121 Å². The SMILES string of the molecule is CCN(CC)Cc1ccc(C(=O)NCC(C)(O)CC)o1. The van der Waals surface area contributed by atoms with Crippen LogP contribution >= 0.6 is 0 Å². The molecule has 1 amide bonds. The Morgan fingerprint density at radius 1 is 1.35 bits per heavy atom. The number of hydrogen-bond donors (Lipinski definition) is 2. The highest BCUT2D eigenvalue weighted by Crippen LogP contribution is 2.12. The number of furan rings is 1. The van der Waals surface area contributed by atoms with E-state index in [1.54, 1.807) is 13.0 Å². The third-order valence-electron chi connectivity index (χ3n) is 3.55. The van der Waals surface area contributed by atoms with Crippen molar-refractivity contribution in [2.45, 2.75) is 46.3 Å². The van der Waals surface area contributed by atoms with Gasteiger partial charge in [-0.15, -0.1) is 0 Å². The molecule has 1 heterocycles. The molecule has 114 valence electrons. The Balaban J connectivity index is 2.56. The third-order valence-corrected chi connectivity index (χ3v) is 3.55. The lowest BCUT2D eigenvalue weighted by molar-refractivity contribution is 0.0510. The molecule has 5 heteroatoms. The molecule has 1 unspecified atom stereocenters. The molecule has 5 nitrogen and oxygen atoms in total. The second-order valence-electron chi connectivity index (χ2n) is 5.26. The number of nitrogens with zero attached hydrogens (tertiary/aromatic N) is 1. The number of amides is 1. The molecule has 0 saturated heterocycles. The van der Waals surface area contributed by atoms with Crippen molar-refractivity contribution < 1.29 is 14.3 Å². The molecular formula is C15H26N2O3. The van der Waals surface area contributed by atoms with Gasteiger partial charge in [-0.1, -0.05) is 20.8 Å². The van der Waals surface area contributed by atoms with Crippen LogP contribution in [0, 0.1) is 0 Å². The van der Waals surface area contributed by atoms with Crippen LogP contribution in [0.2, 0.25) is 0 Å². The summed E-state index contributed by atoms with van der Waals surface area (Å²) in [6, 6.07) is 3.50. The zero-order valence-electron chi connectivity index (χ0n) is 12.9. The summed E-state index contributed by atoms with van der Waals surface area (Å²) >= 11 is 0. The van der Waals surface area contributed by atoms with Crippen molar-refractivity contribution in [3.05, 3.63) is 23.7 Å². The maximum absolute atomic E-state index is 11.9. The molecule has 0 aromatic carbocycles. The van der Waals surface area contributed by atoms with Gasteiger partial charge in [0, 0.05) is 6.54 Å². The van der Waals surface area contributed by atoms with Gasteiger partial charge in [0.05, 0.1) is 12.1 Å². The smallest absolute Gasteiger partial charge is 0.287 e. The van der Waals surface area contributed by atoms with Crippen molar-refractivity contribution in [3.63, 3.8) is 0 Å². The maximum atomic E-state index is 11.9. The van der Waals surface area contributed by atoms with Crippen molar-refractivity contribution in [3.8, 4) is 0 Å². The van der Waals surface area contributed by atoms with Crippen molar-refractivity contribution in [1.29, 1.82) is 0 Å². The predicted octanol–water partition coefficient (Wildman–Crippen LogP) is 2.01. The van der Waals surface area contributed by atoms with Gasteiger partial charge < -0.3 is 14.8 Å². The summed E-state index contributed by atoms with van der Waals surface area (Å²) in [5.41, 5.74) is -0.883. The number of nitrogens with one attached hydrogen (secondary N) is 1. The van der Waals surface area contributed by atoms with Crippen LogP contribution in [0.15, 0.2) is 16.5 Å². The van der Waals surface area contributed by atoms with Gasteiger partial charge in [0.15, 0.2) is 5.76 Å². The highest BCUT2D eigenvalue weighted by molar-refractivity contribution is 5.91. The summed E-state index contributed by atoms with van der Waals surface area (Å²) in [6.45, 7) is 10.6. The van der Waals surface area contributed by atoms with E-state index < -0.39 is 5.60 Å². The quantitative estimate of drug-likeness (QED) is 0.765. The van der Waals surface area contributed by atoms with Crippen molar-refractivity contribution in [1.82, 2.24) is 10.2 Å². The van der Waals surface area contributed by atoms with Crippen LogP contribution in [0.5, 0.6) is 0 Å². The number of carbonyl (C=O) groups excluding carboxylic acids is 1. The zero-order chi connectivity index (χ0) is 15.2. The van der Waals surface area contributed by atoms with Gasteiger partial charge in [0.1, 0.15) is 5.76 Å². The standard InChI is InChI=1S/C15H26N2O3/c1-5-15(4,19)11-16-14(18)13-9-8-12(20-13)10-17(6-2)7-3/h8-9,19H,5-7,10-11H2,1-4H3,(H,16,18). The second-order valence-corrected chi connectivity index (χ2v) is 5.26. The molecule has 0 bridgehead atoms. The summed E-state index contributed by atoms with van der Waals surface area (Å²) in [5.74, 6) is 0.782. The van der Waals surface area contributed by atoms with Gasteiger partial charge in [-0.2, -0.15) is 0 Å². The van der Waals surface area contributed by atoms with Crippen LogP contribution in [0.3, 0.4) is 0 Å². The predicted molar refractivity (Wildman–Crippen MR) is 78.6 cm³/mol. The molecule has 0 fully saturated rings. The summed E-state index contributed by atoms with van der Waals surface area (Å²) < 4.78 is 5.54. The molecule has 0 radical (unpaired) electrons. The Hall–Kier alpha value is -1.33. The average molecular weight is 282 g/mol. The summed E-state index contributed by atoms with van der Waals surface area (Å²) in [6.07, 6.45) is 0.582. The van der Waals surface area contributed by atoms with E-state index in [0.29, 0.717) is 18.7 Å². The first-order chi connectivity index (χ1) is 9.41. The number of hydrogen-bond acceptors (Lipinski definition) is 4. The normalized spacial score (nSPS) is 14.3. The fraction of sp³-hybridized carbons (Fsp3) is 0.667. The van der Waals surface area contributed by atoms with Crippen LogP contribution in [0.25, 0.3) is 0 Å². The summed E-state index contributed by atoms with van der Waals surface area (Å²) in [7, 11) is 0. The Bertz CT molecular complexity index is 423. The largest absolute Gasteiger partial charge is 0.455 e. The van der Waals surface area contributed by atoms with Gasteiger partial charge in [-0.25, -0.2) is 0 Å². The first kappa shape index (κ1) is 16.7. The monoisotopic (exact) mass is 282 g/mol. The van der Waals surface area contributed by atoms with Crippen molar-refractivity contribution in [2.24, 2.45) is 0 Å². The van der Waals surface area contributed by atoms with Crippen molar-refractivity contribution in [2.75, 3.05) is 19.6 Å². The molecule has 1 aromatic rings. The third kappa shape index (κ3) is 4.98. The number of carbonyl (C=O) groups is 1. The molecule has 1 atom stereocenters. The first-order valence-electron chi connectivity index (χ1n) is 7.23. The molecule has 0 aliphatic carbocycles. The Morgan fingerprint density at radius 2 is 2.00 bits per heavy atom.